The van der Waals surface area contributed by atoms with Crippen molar-refractivity contribution in [1.29, 1.82) is 0 Å². The summed E-state index contributed by atoms with van der Waals surface area (Å²) >= 11 is 0. The van der Waals surface area contributed by atoms with Gasteiger partial charge in [-0.2, -0.15) is 0 Å². The van der Waals surface area contributed by atoms with Crippen LogP contribution in [0.2, 0.25) is 0 Å². The van der Waals surface area contributed by atoms with Gasteiger partial charge in [0.15, 0.2) is 0 Å². The van der Waals surface area contributed by atoms with Crippen LogP contribution in [0.1, 0.15) is 60.3 Å². The minimum atomic E-state index is -3.31. The Hall–Kier alpha value is -2.34. The number of carbonyl (C=O) groups excluding carboxylic acids is 1. The number of sulfonamides is 1. The van der Waals surface area contributed by atoms with Crippen LogP contribution >= 0.6 is 0 Å². The van der Waals surface area contributed by atoms with Crippen LogP contribution in [0.5, 0.6) is 0 Å². The summed E-state index contributed by atoms with van der Waals surface area (Å²) in [6.07, 6.45) is 3.79. The number of nitrogens with one attached hydrogen (secondary N) is 1. The van der Waals surface area contributed by atoms with E-state index in [1.165, 1.54) is 16.1 Å². The average molecular weight is 415 g/mol. The van der Waals surface area contributed by atoms with Gasteiger partial charge in [-0.3, -0.25) is 9.10 Å². The number of hydrogen-bond acceptors (Lipinski definition) is 3. The van der Waals surface area contributed by atoms with Crippen LogP contribution in [0, 0.1) is 5.92 Å². The highest BCUT2D eigenvalue weighted by molar-refractivity contribution is 7.92. The number of anilines is 1. The Morgan fingerprint density at radius 3 is 2.41 bits per heavy atom. The lowest BCUT2D eigenvalue weighted by molar-refractivity contribution is 0.0940. The first kappa shape index (κ1) is 21.4. The molecule has 0 saturated carbocycles. The van der Waals surface area contributed by atoms with E-state index in [1.807, 2.05) is 13.0 Å². The van der Waals surface area contributed by atoms with Crippen LogP contribution in [0.4, 0.5) is 5.69 Å². The summed E-state index contributed by atoms with van der Waals surface area (Å²) in [5.74, 6) is 0.462. The minimum Gasteiger partial charge on any atom is -0.346 e. The Morgan fingerprint density at radius 1 is 1.10 bits per heavy atom. The van der Waals surface area contributed by atoms with Gasteiger partial charge in [-0.25, -0.2) is 8.42 Å². The van der Waals surface area contributed by atoms with Crippen molar-refractivity contribution in [2.24, 2.45) is 5.92 Å². The predicted octanol–water partition coefficient (Wildman–Crippen LogP) is 4.09. The molecule has 0 bridgehead atoms. The zero-order chi connectivity index (χ0) is 21.2. The number of benzene rings is 2. The van der Waals surface area contributed by atoms with E-state index in [4.69, 9.17) is 0 Å². The molecule has 0 fully saturated rings. The Morgan fingerprint density at radius 2 is 1.79 bits per heavy atom. The average Bonchev–Trinajstić information content (AvgIpc) is 2.66. The van der Waals surface area contributed by atoms with E-state index >= 15 is 0 Å². The normalized spacial score (nSPS) is 15.1. The fourth-order valence-corrected chi connectivity index (χ4v) is 4.82. The van der Waals surface area contributed by atoms with E-state index < -0.39 is 10.0 Å². The largest absolute Gasteiger partial charge is 0.346 e. The van der Waals surface area contributed by atoms with Crippen molar-refractivity contribution >= 4 is 21.6 Å². The molecule has 2 aromatic carbocycles. The highest BCUT2D eigenvalue weighted by Gasteiger charge is 2.25. The van der Waals surface area contributed by atoms with E-state index in [0.717, 1.165) is 30.4 Å². The second-order valence-electron chi connectivity index (χ2n) is 8.32. The van der Waals surface area contributed by atoms with Gasteiger partial charge in [0.25, 0.3) is 5.91 Å². The standard InChI is InChI=1S/C23H30N2O3S/c1-16(2)14-18-7-9-19(10-8-18)17(3)24-23(26)21-11-12-22-20(15-21)6-5-13-25(22)29(4,27)28/h7-12,15-17H,5-6,13-14H2,1-4H3,(H,24,26)/t17-/m1/s1. The van der Waals surface area contributed by atoms with E-state index in [2.05, 4.69) is 43.4 Å². The van der Waals surface area contributed by atoms with Gasteiger partial charge in [-0.05, 0) is 67.0 Å². The summed E-state index contributed by atoms with van der Waals surface area (Å²) in [5.41, 5.74) is 4.51. The highest BCUT2D eigenvalue weighted by atomic mass is 32.2. The van der Waals surface area contributed by atoms with Gasteiger partial charge in [0.2, 0.25) is 10.0 Å². The topological polar surface area (TPSA) is 66.5 Å². The second-order valence-corrected chi connectivity index (χ2v) is 10.2. The van der Waals surface area contributed by atoms with Crippen LogP contribution in [0.3, 0.4) is 0 Å². The number of hydrogen-bond donors (Lipinski definition) is 1. The first-order valence-corrected chi connectivity index (χ1v) is 12.0. The minimum absolute atomic E-state index is 0.112. The molecule has 29 heavy (non-hydrogen) atoms. The van der Waals surface area contributed by atoms with E-state index in [-0.39, 0.29) is 11.9 Å². The molecule has 1 atom stereocenters. The Bertz CT molecular complexity index is 982. The van der Waals surface area contributed by atoms with Crippen molar-refractivity contribution in [2.45, 2.75) is 46.1 Å². The molecule has 3 rings (SSSR count). The molecular weight excluding hydrogens is 384 g/mol. The van der Waals surface area contributed by atoms with E-state index in [9.17, 15) is 13.2 Å². The number of nitrogens with zero attached hydrogens (tertiary/aromatic N) is 1. The zero-order valence-electron chi connectivity index (χ0n) is 17.6. The SMILES string of the molecule is CC(C)Cc1ccc([C@@H](C)NC(=O)c2ccc3c(c2)CCCN3S(C)(=O)=O)cc1. The van der Waals surface area contributed by atoms with Crippen molar-refractivity contribution in [3.05, 3.63) is 64.7 Å². The third kappa shape index (κ3) is 5.18. The first-order valence-electron chi connectivity index (χ1n) is 10.2. The van der Waals surface area contributed by atoms with Crippen LogP contribution in [-0.4, -0.2) is 27.1 Å². The molecule has 0 spiro atoms. The van der Waals surface area contributed by atoms with Gasteiger partial charge >= 0.3 is 0 Å². The Labute approximate surface area is 174 Å². The fourth-order valence-electron chi connectivity index (χ4n) is 3.83. The van der Waals surface area contributed by atoms with E-state index in [0.29, 0.717) is 23.7 Å². The lowest BCUT2D eigenvalue weighted by Crippen LogP contribution is -2.35. The lowest BCUT2D eigenvalue weighted by atomic mass is 9.99. The third-order valence-corrected chi connectivity index (χ3v) is 6.47. The van der Waals surface area contributed by atoms with Gasteiger partial charge in [0.1, 0.15) is 0 Å². The molecule has 2 aromatic rings. The summed E-state index contributed by atoms with van der Waals surface area (Å²) in [6, 6.07) is 13.5. The number of carbonyl (C=O) groups is 1. The molecule has 0 aliphatic carbocycles. The number of rotatable bonds is 6. The molecule has 1 N–H and O–H groups in total. The monoisotopic (exact) mass is 414 g/mol. The molecule has 1 aliphatic rings. The molecule has 0 unspecified atom stereocenters. The lowest BCUT2D eigenvalue weighted by Gasteiger charge is -2.29. The Kier molecular flexibility index (Phi) is 6.32. The molecule has 0 saturated heterocycles. The maximum absolute atomic E-state index is 12.8. The number of fused-ring (bicyclic) bond motifs is 1. The molecule has 1 heterocycles. The highest BCUT2D eigenvalue weighted by Crippen LogP contribution is 2.30. The summed E-state index contributed by atoms with van der Waals surface area (Å²) in [4.78, 5) is 12.8. The second kappa shape index (κ2) is 8.57. The molecule has 156 valence electrons. The van der Waals surface area contributed by atoms with Crippen LogP contribution in [0.15, 0.2) is 42.5 Å². The maximum Gasteiger partial charge on any atom is 0.251 e. The van der Waals surface area contributed by atoms with Gasteiger partial charge < -0.3 is 5.32 Å². The van der Waals surface area contributed by atoms with Crippen LogP contribution in [-0.2, 0) is 22.9 Å². The smallest absolute Gasteiger partial charge is 0.251 e. The number of aryl methyl sites for hydroxylation is 1. The first-order chi connectivity index (χ1) is 13.6. The zero-order valence-corrected chi connectivity index (χ0v) is 18.4. The van der Waals surface area contributed by atoms with Gasteiger partial charge in [0.05, 0.1) is 18.0 Å². The third-order valence-electron chi connectivity index (χ3n) is 5.29. The van der Waals surface area contributed by atoms with Gasteiger partial charge in [-0.15, -0.1) is 0 Å². The van der Waals surface area contributed by atoms with Crippen molar-refractivity contribution in [1.82, 2.24) is 5.32 Å². The molecule has 5 nitrogen and oxygen atoms in total. The molecule has 1 amide bonds. The summed E-state index contributed by atoms with van der Waals surface area (Å²) in [6.45, 7) is 6.86. The summed E-state index contributed by atoms with van der Waals surface area (Å²) < 4.78 is 25.4. The fraction of sp³-hybridized carbons (Fsp3) is 0.435. The van der Waals surface area contributed by atoms with Gasteiger partial charge in [-0.1, -0.05) is 38.1 Å². The van der Waals surface area contributed by atoms with Crippen molar-refractivity contribution < 1.29 is 13.2 Å². The van der Waals surface area contributed by atoms with Crippen LogP contribution < -0.4 is 9.62 Å². The van der Waals surface area contributed by atoms with Crippen molar-refractivity contribution in [3.8, 4) is 0 Å². The van der Waals surface area contributed by atoms with Gasteiger partial charge in [0, 0.05) is 12.1 Å². The molecule has 6 heteroatoms. The number of amides is 1. The Balaban J connectivity index is 1.72. The van der Waals surface area contributed by atoms with Crippen molar-refractivity contribution in [2.75, 3.05) is 17.1 Å². The summed E-state index contributed by atoms with van der Waals surface area (Å²) in [7, 11) is -3.31. The van der Waals surface area contributed by atoms with Crippen molar-refractivity contribution in [3.63, 3.8) is 0 Å². The molecule has 1 aliphatic heterocycles. The van der Waals surface area contributed by atoms with E-state index in [1.54, 1.807) is 12.1 Å². The summed E-state index contributed by atoms with van der Waals surface area (Å²) in [5, 5.41) is 3.05. The van der Waals surface area contributed by atoms with Crippen LogP contribution in [0.25, 0.3) is 0 Å². The molecular formula is C23H30N2O3S. The quantitative estimate of drug-likeness (QED) is 0.774. The molecule has 0 aromatic heterocycles. The maximum atomic E-state index is 12.8. The molecule has 0 radical (unpaired) electrons. The predicted molar refractivity (Wildman–Crippen MR) is 118 cm³/mol.